The molecule has 2 N–H and O–H groups in total. The predicted octanol–water partition coefficient (Wildman–Crippen LogP) is 2.59. The molecule has 3 atom stereocenters. The number of carbonyl (C=O) groups is 1. The zero-order valence-electron chi connectivity index (χ0n) is 18.1. The highest BCUT2D eigenvalue weighted by atomic mass is 16.7. The summed E-state index contributed by atoms with van der Waals surface area (Å²) in [5, 5.41) is 31.2. The van der Waals surface area contributed by atoms with E-state index in [1.807, 2.05) is 35.2 Å². The Morgan fingerprint density at radius 3 is 2.35 bits per heavy atom. The van der Waals surface area contributed by atoms with E-state index in [-0.39, 0.29) is 12.3 Å². The number of nitro groups is 1. The van der Waals surface area contributed by atoms with Crippen molar-refractivity contribution in [2.75, 3.05) is 42.6 Å². The highest BCUT2D eigenvalue weighted by molar-refractivity contribution is 5.89. The largest absolute Gasteiger partial charge is 0.505 e. The Kier molecular flexibility index (Phi) is 5.72. The average Bonchev–Trinajstić information content (AvgIpc) is 3.45. The fourth-order valence-electron chi connectivity index (χ4n) is 4.42. The first-order valence-corrected chi connectivity index (χ1v) is 10.9. The van der Waals surface area contributed by atoms with Gasteiger partial charge in [0.1, 0.15) is 11.8 Å². The molecule has 2 aromatic rings. The molecule has 2 fully saturated rings. The van der Waals surface area contributed by atoms with Crippen molar-refractivity contribution in [2.45, 2.75) is 18.5 Å². The number of esters is 1. The third-order valence-electron chi connectivity index (χ3n) is 6.20. The summed E-state index contributed by atoms with van der Waals surface area (Å²) in [6.07, 6.45) is -2.99. The molecule has 5 rings (SSSR count). The Morgan fingerprint density at radius 1 is 1.00 bits per heavy atom. The minimum Gasteiger partial charge on any atom is -0.505 e. The number of rotatable bonds is 5. The SMILES string of the molecule is O=C1O[C@H]([C@H]2CO[C@H](c3ccc(N4CCN(c5ccccc5)CC4)c([N+](=O)[O-])c3)O2)C(O)=C1O. The highest BCUT2D eigenvalue weighted by Crippen LogP contribution is 2.37. The monoisotopic (exact) mass is 469 g/mol. The summed E-state index contributed by atoms with van der Waals surface area (Å²) in [6, 6.07) is 14.8. The molecule has 2 saturated heterocycles. The first-order chi connectivity index (χ1) is 16.4. The van der Waals surface area contributed by atoms with Crippen molar-refractivity contribution in [3.8, 4) is 0 Å². The van der Waals surface area contributed by atoms with Crippen LogP contribution >= 0.6 is 0 Å². The summed E-state index contributed by atoms with van der Waals surface area (Å²) in [5.74, 6) is -2.51. The van der Waals surface area contributed by atoms with Gasteiger partial charge in [-0.15, -0.1) is 0 Å². The molecule has 34 heavy (non-hydrogen) atoms. The maximum absolute atomic E-state index is 11.9. The van der Waals surface area contributed by atoms with Crippen LogP contribution in [0, 0.1) is 10.1 Å². The minimum absolute atomic E-state index is 0.0308. The molecule has 11 nitrogen and oxygen atoms in total. The first-order valence-electron chi connectivity index (χ1n) is 10.9. The molecule has 0 radical (unpaired) electrons. The van der Waals surface area contributed by atoms with Crippen LogP contribution in [0.3, 0.4) is 0 Å². The highest BCUT2D eigenvalue weighted by Gasteiger charge is 2.45. The van der Waals surface area contributed by atoms with Gasteiger partial charge >= 0.3 is 5.97 Å². The van der Waals surface area contributed by atoms with Gasteiger partial charge in [0.05, 0.1) is 11.5 Å². The molecule has 0 bridgehead atoms. The summed E-state index contributed by atoms with van der Waals surface area (Å²) in [7, 11) is 0. The molecule has 0 unspecified atom stereocenters. The lowest BCUT2D eigenvalue weighted by molar-refractivity contribution is -0.384. The van der Waals surface area contributed by atoms with E-state index < -0.39 is 40.9 Å². The number of aliphatic hydroxyl groups excluding tert-OH is 2. The molecule has 0 spiro atoms. The van der Waals surface area contributed by atoms with Crippen LogP contribution in [0.5, 0.6) is 0 Å². The van der Waals surface area contributed by atoms with Crippen molar-refractivity contribution in [1.82, 2.24) is 0 Å². The average molecular weight is 469 g/mol. The zero-order valence-corrected chi connectivity index (χ0v) is 18.1. The zero-order chi connectivity index (χ0) is 23.8. The fraction of sp³-hybridized carbons (Fsp3) is 0.348. The molecule has 0 aliphatic carbocycles. The normalized spacial score (nSPS) is 25.1. The number of benzene rings is 2. The minimum atomic E-state index is -1.19. The van der Waals surface area contributed by atoms with Gasteiger partial charge in [0.25, 0.3) is 5.69 Å². The van der Waals surface area contributed by atoms with Gasteiger partial charge in [0, 0.05) is 43.5 Å². The maximum Gasteiger partial charge on any atom is 0.377 e. The smallest absolute Gasteiger partial charge is 0.377 e. The van der Waals surface area contributed by atoms with Crippen molar-refractivity contribution in [1.29, 1.82) is 0 Å². The van der Waals surface area contributed by atoms with Gasteiger partial charge in [-0.25, -0.2) is 4.79 Å². The number of hydrogen-bond acceptors (Lipinski definition) is 10. The van der Waals surface area contributed by atoms with Crippen LogP contribution in [0.2, 0.25) is 0 Å². The number of hydrogen-bond donors (Lipinski definition) is 2. The lowest BCUT2D eigenvalue weighted by atomic mass is 10.1. The number of para-hydroxylation sites is 1. The Hall–Kier alpha value is -3.83. The van der Waals surface area contributed by atoms with E-state index in [1.54, 1.807) is 12.1 Å². The topological polar surface area (TPSA) is 135 Å². The molecular weight excluding hydrogens is 446 g/mol. The quantitative estimate of drug-likeness (QED) is 0.382. The van der Waals surface area contributed by atoms with Crippen molar-refractivity contribution in [3.05, 3.63) is 75.7 Å². The molecule has 11 heteroatoms. The number of ether oxygens (including phenoxy) is 3. The Balaban J connectivity index is 1.29. The van der Waals surface area contributed by atoms with Gasteiger partial charge in [-0.1, -0.05) is 24.3 Å². The van der Waals surface area contributed by atoms with Gasteiger partial charge in [0.15, 0.2) is 18.2 Å². The van der Waals surface area contributed by atoms with Crippen LogP contribution in [0.15, 0.2) is 60.0 Å². The molecule has 0 aromatic heterocycles. The van der Waals surface area contributed by atoms with Crippen molar-refractivity contribution < 1.29 is 34.1 Å². The van der Waals surface area contributed by atoms with Crippen LogP contribution in [-0.2, 0) is 19.0 Å². The second-order valence-corrected chi connectivity index (χ2v) is 8.21. The van der Waals surface area contributed by atoms with Crippen molar-refractivity contribution >= 4 is 23.0 Å². The summed E-state index contributed by atoms with van der Waals surface area (Å²) >= 11 is 0. The Morgan fingerprint density at radius 2 is 1.71 bits per heavy atom. The van der Waals surface area contributed by atoms with E-state index in [1.165, 1.54) is 6.07 Å². The van der Waals surface area contributed by atoms with Crippen molar-refractivity contribution in [2.24, 2.45) is 0 Å². The standard InChI is InChI=1S/C23H23N3O8/c27-19-20(28)22(29)34-21(19)18-13-32-23(33-18)14-6-7-16(17(12-14)26(30)31)25-10-8-24(9-11-25)15-4-2-1-3-5-15/h1-7,12,18,21,23,27-28H,8-11,13H2/t18-,21-,23+/m1/s1. The molecule has 178 valence electrons. The molecule has 2 aromatic carbocycles. The van der Waals surface area contributed by atoms with Gasteiger partial charge in [-0.3, -0.25) is 10.1 Å². The summed E-state index contributed by atoms with van der Waals surface area (Å²) in [6.45, 7) is 2.72. The van der Waals surface area contributed by atoms with Crippen LogP contribution in [0.25, 0.3) is 0 Å². The number of nitrogens with zero attached hydrogens (tertiary/aromatic N) is 3. The van der Waals surface area contributed by atoms with Crippen LogP contribution in [0.1, 0.15) is 11.9 Å². The molecule has 3 heterocycles. The van der Waals surface area contributed by atoms with E-state index in [0.29, 0.717) is 24.3 Å². The third-order valence-corrected chi connectivity index (χ3v) is 6.20. The van der Waals surface area contributed by atoms with Crippen molar-refractivity contribution in [3.63, 3.8) is 0 Å². The Bertz CT molecular complexity index is 1130. The summed E-state index contributed by atoms with van der Waals surface area (Å²) in [4.78, 5) is 27.1. The lowest BCUT2D eigenvalue weighted by Gasteiger charge is -2.37. The number of carbonyl (C=O) groups excluding carboxylic acids is 1. The number of piperazine rings is 1. The van der Waals surface area contributed by atoms with E-state index in [9.17, 15) is 25.1 Å². The number of nitro benzene ring substituents is 1. The number of anilines is 2. The molecule has 3 aliphatic heterocycles. The van der Waals surface area contributed by atoms with Crippen LogP contribution < -0.4 is 9.80 Å². The van der Waals surface area contributed by atoms with E-state index in [2.05, 4.69) is 4.90 Å². The van der Waals surface area contributed by atoms with E-state index in [4.69, 9.17) is 14.2 Å². The van der Waals surface area contributed by atoms with Gasteiger partial charge in [0.2, 0.25) is 5.76 Å². The lowest BCUT2D eigenvalue weighted by Crippen LogP contribution is -2.46. The van der Waals surface area contributed by atoms with E-state index in [0.717, 1.165) is 18.8 Å². The van der Waals surface area contributed by atoms with Crippen LogP contribution in [0.4, 0.5) is 17.1 Å². The van der Waals surface area contributed by atoms with Gasteiger partial charge in [-0.2, -0.15) is 0 Å². The molecule has 3 aliphatic rings. The Labute approximate surface area is 194 Å². The first kappa shape index (κ1) is 22.0. The second-order valence-electron chi connectivity index (χ2n) is 8.21. The molecule has 0 saturated carbocycles. The van der Waals surface area contributed by atoms with Gasteiger partial charge < -0.3 is 34.2 Å². The number of cyclic esters (lactones) is 1. The maximum atomic E-state index is 11.9. The number of aliphatic hydroxyl groups is 2. The third kappa shape index (κ3) is 3.99. The summed E-state index contributed by atoms with van der Waals surface area (Å²) < 4.78 is 16.2. The second kappa shape index (κ2) is 8.84. The fourth-order valence-corrected chi connectivity index (χ4v) is 4.42. The summed E-state index contributed by atoms with van der Waals surface area (Å²) in [5.41, 5.74) is 2.01. The molecule has 0 amide bonds. The predicted molar refractivity (Wildman–Crippen MR) is 120 cm³/mol. The van der Waals surface area contributed by atoms with Gasteiger partial charge in [-0.05, 0) is 18.2 Å². The van der Waals surface area contributed by atoms with E-state index >= 15 is 0 Å². The van der Waals surface area contributed by atoms with Crippen LogP contribution in [-0.4, -0.2) is 66.1 Å². The molecular formula is C23H23N3O8.